The van der Waals surface area contributed by atoms with Gasteiger partial charge >= 0.3 is 43.7 Å². The second-order valence-electron chi connectivity index (χ2n) is 3.10. The molecule has 18 heavy (non-hydrogen) atoms. The number of rotatable bonds is 7. The first-order valence-corrected chi connectivity index (χ1v) is 4.53. The Balaban J connectivity index is -0.00000112. The first-order chi connectivity index (χ1) is 7.34. The Bertz CT molecular complexity index is 327. The molecule has 0 heterocycles. The molecule has 0 aromatic carbocycles. The van der Waals surface area contributed by atoms with Crippen LogP contribution in [0.25, 0.3) is 0 Å². The van der Waals surface area contributed by atoms with Gasteiger partial charge < -0.3 is 20.1 Å². The second kappa shape index (κ2) is 11.4. The minimum atomic E-state index is -1.56. The van der Waals surface area contributed by atoms with Crippen LogP contribution < -0.4 is 47.9 Å². The summed E-state index contributed by atoms with van der Waals surface area (Å²) in [6.07, 6.45) is -0.353. The minimum absolute atomic E-state index is 0. The largest absolute Gasteiger partial charge is 1.00 e. The maximum Gasteiger partial charge on any atom is 1.00 e. The summed E-state index contributed by atoms with van der Waals surface area (Å²) < 4.78 is 0. The standard InChI is InChI=1S/C9H13NO6.2Li/c1-5(11)10-6(8(13)14)3-2-4-7(12)9(15)16;;/h6H,2-4H2,1H3,(H,10,11)(H,13,14)(H,15,16);;/q;2*+1/p-2/t6-;;/m0../s1. The Kier molecular flexibility index (Phi) is 14.2. The molecule has 7 nitrogen and oxygen atoms in total. The number of carbonyl (C=O) groups excluding carboxylic acids is 2. The average molecular weight is 243 g/mol. The molecule has 0 saturated heterocycles. The average Bonchev–Trinajstić information content (AvgIpc) is 2.14. The van der Waals surface area contributed by atoms with E-state index in [1.54, 1.807) is 0 Å². The van der Waals surface area contributed by atoms with Gasteiger partial charge in [0, 0.05) is 6.42 Å². The molecular formula is C9H11Li2NO6. The van der Waals surface area contributed by atoms with Crippen molar-refractivity contribution in [2.45, 2.75) is 32.2 Å². The summed E-state index contributed by atoms with van der Waals surface area (Å²) in [6, 6.07) is -1.32. The molecule has 9 heteroatoms. The zero-order chi connectivity index (χ0) is 12.7. The molecule has 0 radical (unpaired) electrons. The maximum atomic E-state index is 10.7. The molecule has 0 saturated carbocycles. The van der Waals surface area contributed by atoms with Crippen molar-refractivity contribution in [3.63, 3.8) is 0 Å². The van der Waals surface area contributed by atoms with E-state index in [2.05, 4.69) is 4.99 Å². The molecular weight excluding hydrogens is 232 g/mol. The Morgan fingerprint density at radius 1 is 1.22 bits per heavy atom. The predicted octanol–water partition coefficient (Wildman–Crippen LogP) is -8.28. The molecule has 0 aliphatic heterocycles. The number of nitrogens with zero attached hydrogens (tertiary/aromatic N) is 1. The van der Waals surface area contributed by atoms with Gasteiger partial charge in [-0.3, -0.25) is 9.79 Å². The van der Waals surface area contributed by atoms with Crippen molar-refractivity contribution in [3.05, 3.63) is 0 Å². The van der Waals surface area contributed by atoms with Crippen LogP contribution in [-0.2, 0) is 14.4 Å². The Labute approximate surface area is 128 Å². The molecule has 0 aliphatic carbocycles. The SMILES string of the molecule is CC([O-])=N[C@@H](CCCC(=O)C(=O)O)C(=O)[O-].[Li+].[Li+]. The summed E-state index contributed by atoms with van der Waals surface area (Å²) in [4.78, 5) is 34.5. The third-order valence-electron chi connectivity index (χ3n) is 1.73. The van der Waals surface area contributed by atoms with Crippen molar-refractivity contribution < 1.29 is 67.4 Å². The maximum absolute atomic E-state index is 10.7. The summed E-state index contributed by atoms with van der Waals surface area (Å²) in [5.74, 6) is -4.73. The molecule has 0 amide bonds. The zero-order valence-corrected chi connectivity index (χ0v) is 10.6. The van der Waals surface area contributed by atoms with Gasteiger partial charge in [0.1, 0.15) is 0 Å². The van der Waals surface area contributed by atoms with Gasteiger partial charge in [-0.15, -0.1) is 0 Å². The molecule has 1 atom stereocenters. The Morgan fingerprint density at radius 3 is 2.06 bits per heavy atom. The fraction of sp³-hybridized carbons (Fsp3) is 0.556. The fourth-order valence-corrected chi connectivity index (χ4v) is 1.02. The number of aliphatic imine (C=N–C) groups is 1. The van der Waals surface area contributed by atoms with Gasteiger partial charge in [0.2, 0.25) is 5.78 Å². The molecule has 0 aliphatic rings. The van der Waals surface area contributed by atoms with Crippen LogP contribution >= 0.6 is 0 Å². The third-order valence-corrected chi connectivity index (χ3v) is 1.73. The van der Waals surface area contributed by atoms with Crippen molar-refractivity contribution in [3.8, 4) is 0 Å². The van der Waals surface area contributed by atoms with Crippen LogP contribution in [0.2, 0.25) is 0 Å². The van der Waals surface area contributed by atoms with Crippen LogP contribution in [0.5, 0.6) is 0 Å². The Morgan fingerprint density at radius 2 is 1.72 bits per heavy atom. The monoisotopic (exact) mass is 243 g/mol. The smallest absolute Gasteiger partial charge is 0.862 e. The van der Waals surface area contributed by atoms with Crippen LogP contribution in [0.4, 0.5) is 0 Å². The van der Waals surface area contributed by atoms with Crippen LogP contribution in [0.1, 0.15) is 26.2 Å². The van der Waals surface area contributed by atoms with Gasteiger partial charge in [0.15, 0.2) is 0 Å². The Hall–Kier alpha value is -0.725. The first kappa shape index (κ1) is 22.5. The van der Waals surface area contributed by atoms with Crippen LogP contribution in [0, 0.1) is 0 Å². The van der Waals surface area contributed by atoms with Crippen LogP contribution in [0.15, 0.2) is 4.99 Å². The summed E-state index contributed by atoms with van der Waals surface area (Å²) in [5.41, 5.74) is 0. The summed E-state index contributed by atoms with van der Waals surface area (Å²) in [5, 5.41) is 29.3. The summed E-state index contributed by atoms with van der Waals surface area (Å²) in [6.45, 7) is 1.10. The van der Waals surface area contributed by atoms with Gasteiger partial charge in [-0.25, -0.2) is 4.79 Å². The minimum Gasteiger partial charge on any atom is -0.862 e. The van der Waals surface area contributed by atoms with Gasteiger partial charge in [0.05, 0.1) is 12.0 Å². The number of hydrogen-bond acceptors (Lipinski definition) is 6. The van der Waals surface area contributed by atoms with Gasteiger partial charge in [0.25, 0.3) is 0 Å². The van der Waals surface area contributed by atoms with Crippen molar-refractivity contribution in [1.82, 2.24) is 0 Å². The first-order valence-electron chi connectivity index (χ1n) is 4.53. The van der Waals surface area contributed by atoms with E-state index in [0.717, 1.165) is 6.92 Å². The third kappa shape index (κ3) is 10.4. The molecule has 0 bridgehead atoms. The predicted molar refractivity (Wildman–Crippen MR) is 48.4 cm³/mol. The quantitative estimate of drug-likeness (QED) is 0.204. The van der Waals surface area contributed by atoms with E-state index >= 15 is 0 Å². The zero-order valence-electron chi connectivity index (χ0n) is 10.6. The molecule has 0 rings (SSSR count). The van der Waals surface area contributed by atoms with E-state index in [0.29, 0.717) is 0 Å². The number of carbonyl (C=O) groups is 3. The van der Waals surface area contributed by atoms with Gasteiger partial charge in [-0.1, -0.05) is 0 Å². The van der Waals surface area contributed by atoms with E-state index in [1.807, 2.05) is 0 Å². The number of hydrogen-bond donors (Lipinski definition) is 1. The van der Waals surface area contributed by atoms with Crippen LogP contribution in [-0.4, -0.2) is 34.8 Å². The van der Waals surface area contributed by atoms with E-state index in [4.69, 9.17) is 5.11 Å². The van der Waals surface area contributed by atoms with E-state index in [-0.39, 0.29) is 57.0 Å². The van der Waals surface area contributed by atoms with E-state index in [1.165, 1.54) is 0 Å². The van der Waals surface area contributed by atoms with Crippen molar-refractivity contribution in [2.75, 3.05) is 0 Å². The molecule has 0 unspecified atom stereocenters. The number of Topliss-reactive ketones (excluding diaryl/α,β-unsaturated/α-hetero) is 1. The number of aliphatic carboxylic acids is 2. The molecule has 0 aromatic rings. The molecule has 1 N–H and O–H groups in total. The number of ketones is 1. The molecule has 0 spiro atoms. The van der Waals surface area contributed by atoms with Gasteiger partial charge in [-0.2, -0.15) is 0 Å². The van der Waals surface area contributed by atoms with Crippen molar-refractivity contribution in [1.29, 1.82) is 0 Å². The molecule has 90 valence electrons. The van der Waals surface area contributed by atoms with Crippen molar-refractivity contribution >= 4 is 23.6 Å². The number of carboxylic acid groups (broad SMARTS) is 2. The fourth-order valence-electron chi connectivity index (χ4n) is 1.02. The van der Waals surface area contributed by atoms with Crippen molar-refractivity contribution in [2.24, 2.45) is 4.99 Å². The normalized spacial score (nSPS) is 11.7. The number of carboxylic acids is 2. The van der Waals surface area contributed by atoms with E-state index < -0.39 is 29.7 Å². The molecule has 0 aromatic heterocycles. The summed E-state index contributed by atoms with van der Waals surface area (Å²) in [7, 11) is 0. The second-order valence-corrected chi connectivity index (χ2v) is 3.10. The topological polar surface area (TPSA) is 130 Å². The molecule has 0 fully saturated rings. The van der Waals surface area contributed by atoms with Crippen LogP contribution in [0.3, 0.4) is 0 Å². The van der Waals surface area contributed by atoms with Gasteiger partial charge in [-0.05, 0) is 25.7 Å². The summed E-state index contributed by atoms with van der Waals surface area (Å²) >= 11 is 0. The van der Waals surface area contributed by atoms with E-state index in [9.17, 15) is 24.6 Å².